The Morgan fingerprint density at radius 1 is 1.09 bits per heavy atom. The zero-order valence-corrected chi connectivity index (χ0v) is 20.0. The van der Waals surface area contributed by atoms with Crippen molar-refractivity contribution in [3.05, 3.63) is 84.1 Å². The average molecular weight is 462 g/mol. The smallest absolute Gasteiger partial charge is 0.415 e. The quantitative estimate of drug-likeness (QED) is 0.579. The Kier molecular flexibility index (Phi) is 6.75. The first kappa shape index (κ1) is 23.6. The van der Waals surface area contributed by atoms with E-state index in [1.165, 1.54) is 0 Å². The molecule has 0 spiro atoms. The van der Waals surface area contributed by atoms with Crippen LogP contribution < -0.4 is 14.5 Å². The van der Waals surface area contributed by atoms with E-state index in [2.05, 4.69) is 9.88 Å². The molecule has 0 radical (unpaired) electrons. The number of hydrogen-bond donors (Lipinski definition) is 1. The molecule has 2 atom stereocenters. The molecular formula is C27H31N3O4. The molecule has 2 heterocycles. The summed E-state index contributed by atoms with van der Waals surface area (Å²) in [5, 5.41) is 11.5. The van der Waals surface area contributed by atoms with Gasteiger partial charge in [-0.1, -0.05) is 42.5 Å². The third-order valence-electron chi connectivity index (χ3n) is 5.73. The maximum Gasteiger partial charge on any atom is 0.415 e. The van der Waals surface area contributed by atoms with Crippen LogP contribution in [0.2, 0.25) is 0 Å². The number of methoxy groups -OCH3 is 1. The van der Waals surface area contributed by atoms with Crippen LogP contribution in [0.15, 0.2) is 72.9 Å². The van der Waals surface area contributed by atoms with E-state index >= 15 is 0 Å². The highest BCUT2D eigenvalue weighted by Crippen LogP contribution is 2.39. The molecule has 0 aliphatic carbocycles. The summed E-state index contributed by atoms with van der Waals surface area (Å²) in [5.41, 5.74) is 1.82. The number of hydrogen-bond acceptors (Lipinski definition) is 6. The third-order valence-corrected chi connectivity index (χ3v) is 5.73. The van der Waals surface area contributed by atoms with E-state index in [9.17, 15) is 9.90 Å². The molecule has 1 aromatic heterocycles. The SMILES string of the molecule is COc1ccc(CN2c3ncccc3N(C(=O)OC(C)(C)C)C[C@@H]2[C@@H](O)c2ccccc2)cc1. The van der Waals surface area contributed by atoms with Crippen LogP contribution in [0.1, 0.15) is 38.0 Å². The van der Waals surface area contributed by atoms with Crippen molar-refractivity contribution < 1.29 is 19.4 Å². The standard InChI is InChI=1S/C27H31N3O4/c1-27(2,3)34-26(32)30-18-23(24(31)20-9-6-5-7-10-20)29(25-22(30)11-8-16-28-25)17-19-12-14-21(33-4)15-13-19/h5-16,23-24,31H,17-18H2,1-4H3/t23-,24+/m1/s1. The predicted molar refractivity (Wildman–Crippen MR) is 132 cm³/mol. The number of anilines is 2. The van der Waals surface area contributed by atoms with Crippen molar-refractivity contribution in [1.29, 1.82) is 0 Å². The molecule has 1 aliphatic rings. The molecule has 0 unspecified atom stereocenters. The Morgan fingerprint density at radius 3 is 2.44 bits per heavy atom. The van der Waals surface area contributed by atoms with Crippen LogP contribution in [-0.2, 0) is 11.3 Å². The highest BCUT2D eigenvalue weighted by molar-refractivity contribution is 5.93. The van der Waals surface area contributed by atoms with Crippen LogP contribution in [-0.4, -0.2) is 41.5 Å². The second kappa shape index (κ2) is 9.73. The van der Waals surface area contributed by atoms with Crippen LogP contribution in [0.4, 0.5) is 16.3 Å². The van der Waals surface area contributed by atoms with Gasteiger partial charge in [0.25, 0.3) is 0 Å². The second-order valence-electron chi connectivity index (χ2n) is 9.34. The van der Waals surface area contributed by atoms with Crippen LogP contribution in [0, 0.1) is 0 Å². The van der Waals surface area contributed by atoms with E-state index in [1.807, 2.05) is 81.4 Å². The number of ether oxygens (including phenoxy) is 2. The monoisotopic (exact) mass is 461 g/mol. The zero-order chi connectivity index (χ0) is 24.3. The summed E-state index contributed by atoms with van der Waals surface area (Å²) in [6.45, 7) is 6.27. The van der Waals surface area contributed by atoms with Crippen molar-refractivity contribution in [1.82, 2.24) is 4.98 Å². The van der Waals surface area contributed by atoms with Crippen molar-refractivity contribution in [2.45, 2.75) is 45.1 Å². The fourth-order valence-corrected chi connectivity index (χ4v) is 4.11. The van der Waals surface area contributed by atoms with E-state index in [0.29, 0.717) is 18.1 Å². The van der Waals surface area contributed by atoms with Crippen molar-refractivity contribution in [2.24, 2.45) is 0 Å². The molecule has 0 bridgehead atoms. The highest BCUT2D eigenvalue weighted by Gasteiger charge is 2.40. The van der Waals surface area contributed by atoms with E-state index < -0.39 is 23.8 Å². The van der Waals surface area contributed by atoms with Gasteiger partial charge in [0.05, 0.1) is 25.4 Å². The van der Waals surface area contributed by atoms with E-state index in [4.69, 9.17) is 9.47 Å². The molecule has 4 rings (SSSR count). The van der Waals surface area contributed by atoms with Gasteiger partial charge < -0.3 is 19.5 Å². The van der Waals surface area contributed by atoms with E-state index in [0.717, 1.165) is 16.9 Å². The van der Waals surface area contributed by atoms with Gasteiger partial charge in [-0.05, 0) is 56.2 Å². The first-order valence-electron chi connectivity index (χ1n) is 11.3. The number of pyridine rings is 1. The normalized spacial score (nSPS) is 16.6. The van der Waals surface area contributed by atoms with Gasteiger partial charge in [0, 0.05) is 12.7 Å². The minimum atomic E-state index is -0.848. The highest BCUT2D eigenvalue weighted by atomic mass is 16.6. The Bertz CT molecular complexity index is 1110. The van der Waals surface area contributed by atoms with Gasteiger partial charge in [-0.25, -0.2) is 9.78 Å². The maximum atomic E-state index is 13.2. The molecule has 7 heteroatoms. The first-order chi connectivity index (χ1) is 16.3. The summed E-state index contributed by atoms with van der Waals surface area (Å²) >= 11 is 0. The second-order valence-corrected chi connectivity index (χ2v) is 9.34. The molecule has 0 saturated heterocycles. The molecule has 0 fully saturated rings. The topological polar surface area (TPSA) is 75.1 Å². The zero-order valence-electron chi connectivity index (χ0n) is 20.0. The molecule has 1 amide bonds. The third kappa shape index (κ3) is 5.15. The minimum Gasteiger partial charge on any atom is -0.497 e. The van der Waals surface area contributed by atoms with Gasteiger partial charge in [0.1, 0.15) is 17.5 Å². The summed E-state index contributed by atoms with van der Waals surface area (Å²) in [6.07, 6.45) is 0.389. The van der Waals surface area contributed by atoms with Crippen molar-refractivity contribution in [3.63, 3.8) is 0 Å². The summed E-state index contributed by atoms with van der Waals surface area (Å²) < 4.78 is 11.0. The van der Waals surface area contributed by atoms with Gasteiger partial charge >= 0.3 is 6.09 Å². The lowest BCUT2D eigenvalue weighted by Gasteiger charge is -2.44. The minimum absolute atomic E-state index is 0.250. The summed E-state index contributed by atoms with van der Waals surface area (Å²) in [7, 11) is 1.64. The Balaban J connectivity index is 1.75. The average Bonchev–Trinajstić information content (AvgIpc) is 2.83. The molecule has 1 aliphatic heterocycles. The number of rotatable bonds is 5. The number of aromatic nitrogens is 1. The van der Waals surface area contributed by atoms with Crippen molar-refractivity contribution in [3.8, 4) is 5.75 Å². The van der Waals surface area contributed by atoms with Crippen LogP contribution in [0.3, 0.4) is 0 Å². The van der Waals surface area contributed by atoms with Gasteiger partial charge in [-0.15, -0.1) is 0 Å². The van der Waals surface area contributed by atoms with Gasteiger partial charge in [-0.2, -0.15) is 0 Å². The molecule has 3 aromatic rings. The molecule has 7 nitrogen and oxygen atoms in total. The van der Waals surface area contributed by atoms with Crippen molar-refractivity contribution in [2.75, 3.05) is 23.5 Å². The van der Waals surface area contributed by atoms with Gasteiger partial charge in [0.15, 0.2) is 5.82 Å². The summed E-state index contributed by atoms with van der Waals surface area (Å²) in [4.78, 5) is 21.4. The molecular weight excluding hydrogens is 430 g/mol. The fraction of sp³-hybridized carbons (Fsp3) is 0.333. The molecule has 1 N–H and O–H groups in total. The largest absolute Gasteiger partial charge is 0.497 e. The first-order valence-corrected chi connectivity index (χ1v) is 11.3. The molecule has 2 aromatic carbocycles. The van der Waals surface area contributed by atoms with Crippen molar-refractivity contribution >= 4 is 17.6 Å². The molecule has 178 valence electrons. The van der Waals surface area contributed by atoms with Gasteiger partial charge in [-0.3, -0.25) is 4.90 Å². The number of nitrogens with zero attached hydrogens (tertiary/aromatic N) is 3. The van der Waals surface area contributed by atoms with E-state index in [1.54, 1.807) is 24.3 Å². The van der Waals surface area contributed by atoms with Crippen LogP contribution in [0.5, 0.6) is 5.75 Å². The summed E-state index contributed by atoms with van der Waals surface area (Å²) in [6, 6.07) is 20.5. The fourth-order valence-electron chi connectivity index (χ4n) is 4.11. The predicted octanol–water partition coefficient (Wildman–Crippen LogP) is 4.95. The lowest BCUT2D eigenvalue weighted by Crippen LogP contribution is -2.54. The molecule has 0 saturated carbocycles. The lowest BCUT2D eigenvalue weighted by atomic mass is 9.97. The number of amides is 1. The number of carbonyl (C=O) groups is 1. The summed E-state index contributed by atoms with van der Waals surface area (Å²) in [5.74, 6) is 1.40. The lowest BCUT2D eigenvalue weighted by molar-refractivity contribution is 0.0562. The van der Waals surface area contributed by atoms with Crippen LogP contribution in [0.25, 0.3) is 0 Å². The molecule has 34 heavy (non-hydrogen) atoms. The Labute approximate surface area is 200 Å². The number of aliphatic hydroxyl groups excluding tert-OH is 1. The Morgan fingerprint density at radius 2 is 1.79 bits per heavy atom. The number of benzene rings is 2. The number of aliphatic hydroxyl groups is 1. The Hall–Kier alpha value is -3.58. The maximum absolute atomic E-state index is 13.2. The van der Waals surface area contributed by atoms with Crippen LogP contribution >= 0.6 is 0 Å². The number of carbonyl (C=O) groups excluding carboxylic acids is 1. The number of fused-ring (bicyclic) bond motifs is 1. The van der Waals surface area contributed by atoms with E-state index in [-0.39, 0.29) is 6.54 Å². The van der Waals surface area contributed by atoms with Gasteiger partial charge in [0.2, 0.25) is 0 Å².